The highest BCUT2D eigenvalue weighted by atomic mass is 32.2. The monoisotopic (exact) mass is 399 g/mol. The molecule has 10 heteroatoms. The number of halogens is 1. The van der Waals surface area contributed by atoms with Gasteiger partial charge in [0.2, 0.25) is 10.0 Å². The van der Waals surface area contributed by atoms with E-state index in [-0.39, 0.29) is 10.9 Å². The van der Waals surface area contributed by atoms with Gasteiger partial charge in [-0.15, -0.1) is 0 Å². The largest absolute Gasteiger partial charge is 0.304 e. The summed E-state index contributed by atoms with van der Waals surface area (Å²) in [5.74, 6) is -0.722. The lowest BCUT2D eigenvalue weighted by Crippen LogP contribution is -2.49. The minimum Gasteiger partial charge on any atom is -0.304 e. The van der Waals surface area contributed by atoms with E-state index in [0.717, 1.165) is 6.07 Å². The Balaban J connectivity index is 1.66. The number of hydrogen-bond acceptors (Lipinski definition) is 5. The lowest BCUT2D eigenvalue weighted by molar-refractivity contribution is 0.144. The van der Waals surface area contributed by atoms with Crippen molar-refractivity contribution in [3.8, 4) is 0 Å². The van der Waals surface area contributed by atoms with Crippen molar-refractivity contribution in [3.63, 3.8) is 0 Å². The SMILES string of the molecule is CC(C)n1cnn(CN2CCN(S(=O)(=O)c3ccccc3F)CC2)c1=S. The molecule has 2 aromatic rings. The third-order valence-electron chi connectivity index (χ3n) is 4.43. The molecular weight excluding hydrogens is 377 g/mol. The molecule has 1 aliphatic heterocycles. The molecule has 0 bridgehead atoms. The number of piperazine rings is 1. The van der Waals surface area contributed by atoms with Crippen molar-refractivity contribution >= 4 is 22.2 Å². The van der Waals surface area contributed by atoms with E-state index in [1.165, 1.54) is 22.5 Å². The summed E-state index contributed by atoms with van der Waals surface area (Å²) in [6, 6.07) is 5.70. The van der Waals surface area contributed by atoms with E-state index >= 15 is 0 Å². The van der Waals surface area contributed by atoms with Crippen LogP contribution in [-0.4, -0.2) is 58.1 Å². The molecule has 0 atom stereocenters. The predicted octanol–water partition coefficient (Wildman–Crippen LogP) is 2.10. The van der Waals surface area contributed by atoms with Crippen LogP contribution in [0.5, 0.6) is 0 Å². The van der Waals surface area contributed by atoms with Crippen LogP contribution in [0.3, 0.4) is 0 Å². The minimum absolute atomic E-state index is 0.235. The number of benzene rings is 1. The summed E-state index contributed by atoms with van der Waals surface area (Å²) >= 11 is 5.42. The zero-order chi connectivity index (χ0) is 18.9. The lowest BCUT2D eigenvalue weighted by atomic mass is 10.3. The Labute approximate surface area is 157 Å². The summed E-state index contributed by atoms with van der Waals surface area (Å²) in [6.07, 6.45) is 1.71. The second kappa shape index (κ2) is 7.55. The molecule has 1 aromatic heterocycles. The smallest absolute Gasteiger partial charge is 0.246 e. The van der Waals surface area contributed by atoms with Gasteiger partial charge in [-0.25, -0.2) is 17.5 Å². The van der Waals surface area contributed by atoms with Gasteiger partial charge in [-0.3, -0.25) is 4.90 Å². The Hall–Kier alpha value is -1.62. The highest BCUT2D eigenvalue weighted by Gasteiger charge is 2.30. The average molecular weight is 400 g/mol. The Morgan fingerprint density at radius 2 is 1.85 bits per heavy atom. The van der Waals surface area contributed by atoms with Crippen LogP contribution in [0.15, 0.2) is 35.5 Å². The van der Waals surface area contributed by atoms with E-state index in [2.05, 4.69) is 10.00 Å². The van der Waals surface area contributed by atoms with Crippen molar-refractivity contribution in [3.05, 3.63) is 41.2 Å². The van der Waals surface area contributed by atoms with Crippen LogP contribution in [0.4, 0.5) is 4.39 Å². The minimum atomic E-state index is -3.82. The number of rotatable bonds is 5. The van der Waals surface area contributed by atoms with Gasteiger partial charge in [0, 0.05) is 32.2 Å². The van der Waals surface area contributed by atoms with Gasteiger partial charge in [-0.1, -0.05) is 12.1 Å². The van der Waals surface area contributed by atoms with Crippen molar-refractivity contribution in [2.24, 2.45) is 0 Å². The summed E-state index contributed by atoms with van der Waals surface area (Å²) in [5, 5.41) is 4.31. The van der Waals surface area contributed by atoms with Gasteiger partial charge in [-0.2, -0.15) is 9.40 Å². The normalized spacial score (nSPS) is 17.1. The number of nitrogens with zero attached hydrogens (tertiary/aromatic N) is 5. The van der Waals surface area contributed by atoms with E-state index in [4.69, 9.17) is 12.2 Å². The predicted molar refractivity (Wildman–Crippen MR) is 98.2 cm³/mol. The molecule has 1 aromatic carbocycles. The Morgan fingerprint density at radius 1 is 1.19 bits per heavy atom. The van der Waals surface area contributed by atoms with Gasteiger partial charge < -0.3 is 4.57 Å². The van der Waals surface area contributed by atoms with Gasteiger partial charge in [0.05, 0.1) is 6.67 Å². The topological polar surface area (TPSA) is 63.4 Å². The first kappa shape index (κ1) is 19.2. The highest BCUT2D eigenvalue weighted by Crippen LogP contribution is 2.20. The first-order valence-corrected chi connectivity index (χ1v) is 10.3. The van der Waals surface area contributed by atoms with Crippen LogP contribution in [-0.2, 0) is 16.7 Å². The molecule has 0 N–H and O–H groups in total. The van der Waals surface area contributed by atoms with Crippen LogP contribution in [0, 0.1) is 10.6 Å². The maximum absolute atomic E-state index is 13.9. The second-order valence-corrected chi connectivity index (χ2v) is 8.78. The molecule has 0 saturated carbocycles. The van der Waals surface area contributed by atoms with Crippen molar-refractivity contribution in [2.75, 3.05) is 26.2 Å². The number of aromatic nitrogens is 3. The van der Waals surface area contributed by atoms with Gasteiger partial charge in [0.15, 0.2) is 4.77 Å². The van der Waals surface area contributed by atoms with E-state index in [1.54, 1.807) is 11.0 Å². The molecule has 0 aliphatic carbocycles. The summed E-state index contributed by atoms with van der Waals surface area (Å²) in [5.41, 5.74) is 0. The van der Waals surface area contributed by atoms with Crippen LogP contribution in [0.2, 0.25) is 0 Å². The molecular formula is C16H22FN5O2S2. The van der Waals surface area contributed by atoms with Gasteiger partial charge in [-0.05, 0) is 38.2 Å². The highest BCUT2D eigenvalue weighted by molar-refractivity contribution is 7.89. The second-order valence-electron chi connectivity index (χ2n) is 6.51. The van der Waals surface area contributed by atoms with Crippen LogP contribution in [0.25, 0.3) is 0 Å². The molecule has 26 heavy (non-hydrogen) atoms. The van der Waals surface area contributed by atoms with E-state index in [1.807, 2.05) is 18.4 Å². The number of sulfonamides is 1. The van der Waals surface area contributed by atoms with Gasteiger partial charge >= 0.3 is 0 Å². The Morgan fingerprint density at radius 3 is 2.42 bits per heavy atom. The lowest BCUT2D eigenvalue weighted by Gasteiger charge is -2.33. The van der Waals surface area contributed by atoms with Crippen molar-refractivity contribution in [1.82, 2.24) is 23.6 Å². The molecule has 3 rings (SSSR count). The van der Waals surface area contributed by atoms with Gasteiger partial charge in [0.1, 0.15) is 17.0 Å². The Kier molecular flexibility index (Phi) is 5.56. The van der Waals surface area contributed by atoms with Crippen molar-refractivity contribution in [2.45, 2.75) is 31.5 Å². The maximum Gasteiger partial charge on any atom is 0.246 e. The molecule has 1 aliphatic rings. The zero-order valence-electron chi connectivity index (χ0n) is 14.7. The molecule has 0 spiro atoms. The molecule has 0 amide bonds. The summed E-state index contributed by atoms with van der Waals surface area (Å²) in [6.45, 7) is 6.24. The summed E-state index contributed by atoms with van der Waals surface area (Å²) in [4.78, 5) is 1.81. The zero-order valence-corrected chi connectivity index (χ0v) is 16.4. The van der Waals surface area contributed by atoms with Crippen LogP contribution < -0.4 is 0 Å². The van der Waals surface area contributed by atoms with Crippen molar-refractivity contribution in [1.29, 1.82) is 0 Å². The quantitative estimate of drug-likeness (QED) is 0.721. The van der Waals surface area contributed by atoms with E-state index in [9.17, 15) is 12.8 Å². The van der Waals surface area contributed by atoms with E-state index in [0.29, 0.717) is 37.6 Å². The molecule has 1 fully saturated rings. The standard InChI is InChI=1S/C16H22FN5O2S2/c1-13(2)21-11-18-22(16(21)25)12-19-7-9-20(10-8-19)26(23,24)15-6-4-3-5-14(15)17/h3-6,11,13H,7-10,12H2,1-2H3. The van der Waals surface area contributed by atoms with Crippen LogP contribution >= 0.6 is 12.2 Å². The fourth-order valence-electron chi connectivity index (χ4n) is 2.90. The fraction of sp³-hybridized carbons (Fsp3) is 0.500. The van der Waals surface area contributed by atoms with Gasteiger partial charge in [0.25, 0.3) is 0 Å². The van der Waals surface area contributed by atoms with E-state index < -0.39 is 15.8 Å². The molecule has 1 saturated heterocycles. The third kappa shape index (κ3) is 3.73. The van der Waals surface area contributed by atoms with Crippen LogP contribution in [0.1, 0.15) is 19.9 Å². The Bertz CT molecular complexity index is 930. The first-order chi connectivity index (χ1) is 12.3. The molecule has 7 nitrogen and oxygen atoms in total. The molecule has 142 valence electrons. The molecule has 0 unspecified atom stereocenters. The average Bonchev–Trinajstić information content (AvgIpc) is 2.96. The summed E-state index contributed by atoms with van der Waals surface area (Å²) < 4.78 is 44.8. The van der Waals surface area contributed by atoms with Crippen molar-refractivity contribution < 1.29 is 12.8 Å². The first-order valence-electron chi connectivity index (χ1n) is 8.41. The summed E-state index contributed by atoms with van der Waals surface area (Å²) in [7, 11) is -3.82. The number of hydrogen-bond donors (Lipinski definition) is 0. The third-order valence-corrected chi connectivity index (χ3v) is 6.79. The maximum atomic E-state index is 13.9. The molecule has 0 radical (unpaired) electrons. The molecule has 2 heterocycles. The fourth-order valence-corrected chi connectivity index (χ4v) is 4.75.